The SMILES string of the molecule is Cc1ccc(OCC[C@@H]2CN(C(=O)O)CCN2)c(Cl)c1. The van der Waals surface area contributed by atoms with Crippen LogP contribution in [0.25, 0.3) is 0 Å². The molecule has 20 heavy (non-hydrogen) atoms. The Bertz CT molecular complexity index is 481. The molecule has 1 fully saturated rings. The molecular formula is C14H19ClN2O3. The number of ether oxygens (including phenoxy) is 1. The van der Waals surface area contributed by atoms with Gasteiger partial charge in [-0.2, -0.15) is 0 Å². The van der Waals surface area contributed by atoms with Crippen molar-refractivity contribution >= 4 is 17.7 Å². The van der Waals surface area contributed by atoms with Crippen LogP contribution >= 0.6 is 11.6 Å². The largest absolute Gasteiger partial charge is 0.492 e. The number of rotatable bonds is 4. The number of nitrogens with zero attached hydrogens (tertiary/aromatic N) is 1. The molecule has 2 rings (SSSR count). The first-order valence-corrected chi connectivity index (χ1v) is 7.04. The number of halogens is 1. The van der Waals surface area contributed by atoms with Crippen LogP contribution < -0.4 is 10.1 Å². The van der Waals surface area contributed by atoms with Gasteiger partial charge in [-0.1, -0.05) is 17.7 Å². The second-order valence-corrected chi connectivity index (χ2v) is 5.36. The van der Waals surface area contributed by atoms with Crippen LogP contribution in [0.5, 0.6) is 5.75 Å². The van der Waals surface area contributed by atoms with Gasteiger partial charge in [0.15, 0.2) is 0 Å². The Kier molecular flexibility index (Phi) is 5.09. The van der Waals surface area contributed by atoms with Gasteiger partial charge in [-0.3, -0.25) is 0 Å². The van der Waals surface area contributed by atoms with Crippen LogP contribution in [0.15, 0.2) is 18.2 Å². The van der Waals surface area contributed by atoms with E-state index in [9.17, 15) is 4.79 Å². The highest BCUT2D eigenvalue weighted by Gasteiger charge is 2.22. The van der Waals surface area contributed by atoms with Crippen molar-refractivity contribution in [3.63, 3.8) is 0 Å². The first-order chi connectivity index (χ1) is 9.56. The molecule has 1 aliphatic heterocycles. The van der Waals surface area contributed by atoms with Gasteiger partial charge < -0.3 is 20.1 Å². The van der Waals surface area contributed by atoms with Crippen LogP contribution in [0.4, 0.5) is 4.79 Å². The van der Waals surface area contributed by atoms with Gasteiger partial charge in [0.25, 0.3) is 0 Å². The summed E-state index contributed by atoms with van der Waals surface area (Å²) >= 11 is 6.09. The first kappa shape index (κ1) is 14.9. The fourth-order valence-electron chi connectivity index (χ4n) is 2.23. The highest BCUT2D eigenvalue weighted by molar-refractivity contribution is 6.32. The molecular weight excluding hydrogens is 280 g/mol. The van der Waals surface area contributed by atoms with Gasteiger partial charge in [-0.15, -0.1) is 0 Å². The summed E-state index contributed by atoms with van der Waals surface area (Å²) < 4.78 is 5.65. The van der Waals surface area contributed by atoms with Crippen LogP contribution in [-0.2, 0) is 0 Å². The quantitative estimate of drug-likeness (QED) is 0.896. The Morgan fingerprint density at radius 3 is 3.10 bits per heavy atom. The minimum absolute atomic E-state index is 0.129. The zero-order valence-corrected chi connectivity index (χ0v) is 12.2. The number of piperazine rings is 1. The molecule has 0 aromatic heterocycles. The summed E-state index contributed by atoms with van der Waals surface area (Å²) in [6.07, 6.45) is -0.118. The van der Waals surface area contributed by atoms with E-state index in [1.807, 2.05) is 25.1 Å². The van der Waals surface area contributed by atoms with Crippen molar-refractivity contribution in [1.29, 1.82) is 0 Å². The Morgan fingerprint density at radius 1 is 1.60 bits per heavy atom. The maximum atomic E-state index is 10.9. The summed E-state index contributed by atoms with van der Waals surface area (Å²) in [6.45, 7) is 4.20. The molecule has 1 atom stereocenters. The zero-order chi connectivity index (χ0) is 14.5. The van der Waals surface area contributed by atoms with E-state index in [0.29, 0.717) is 37.0 Å². The number of nitrogens with one attached hydrogen (secondary N) is 1. The van der Waals surface area contributed by atoms with Crippen molar-refractivity contribution in [1.82, 2.24) is 10.2 Å². The topological polar surface area (TPSA) is 61.8 Å². The molecule has 1 amide bonds. The van der Waals surface area contributed by atoms with E-state index in [1.54, 1.807) is 0 Å². The predicted molar refractivity (Wildman–Crippen MR) is 77.7 cm³/mol. The van der Waals surface area contributed by atoms with Crippen molar-refractivity contribution in [3.8, 4) is 5.75 Å². The molecule has 0 aliphatic carbocycles. The normalized spacial score (nSPS) is 18.9. The van der Waals surface area contributed by atoms with Crippen molar-refractivity contribution < 1.29 is 14.6 Å². The van der Waals surface area contributed by atoms with Crippen molar-refractivity contribution in [2.45, 2.75) is 19.4 Å². The summed E-state index contributed by atoms with van der Waals surface area (Å²) in [7, 11) is 0. The van der Waals surface area contributed by atoms with E-state index >= 15 is 0 Å². The molecule has 0 unspecified atom stereocenters. The number of hydrogen-bond acceptors (Lipinski definition) is 3. The Hall–Kier alpha value is -1.46. The van der Waals surface area contributed by atoms with Crippen molar-refractivity contribution in [3.05, 3.63) is 28.8 Å². The minimum Gasteiger partial charge on any atom is -0.492 e. The van der Waals surface area contributed by atoms with Gasteiger partial charge in [-0.25, -0.2) is 4.79 Å². The Morgan fingerprint density at radius 2 is 2.40 bits per heavy atom. The van der Waals surface area contributed by atoms with Gasteiger partial charge >= 0.3 is 6.09 Å². The Labute approximate surface area is 123 Å². The molecule has 0 spiro atoms. The minimum atomic E-state index is -0.862. The number of carboxylic acid groups (broad SMARTS) is 1. The molecule has 1 saturated heterocycles. The van der Waals surface area contributed by atoms with Crippen LogP contribution in [0.2, 0.25) is 5.02 Å². The van der Waals surface area contributed by atoms with E-state index < -0.39 is 6.09 Å². The fraction of sp³-hybridized carbons (Fsp3) is 0.500. The number of amides is 1. The summed E-state index contributed by atoms with van der Waals surface area (Å²) in [5.74, 6) is 0.670. The average molecular weight is 299 g/mol. The third kappa shape index (κ3) is 4.02. The van der Waals surface area contributed by atoms with Crippen LogP contribution in [0, 0.1) is 6.92 Å². The van der Waals surface area contributed by atoms with E-state index in [1.165, 1.54) is 4.90 Å². The van der Waals surface area contributed by atoms with Gasteiger partial charge in [0, 0.05) is 25.7 Å². The molecule has 0 saturated carbocycles. The summed E-state index contributed by atoms with van der Waals surface area (Å²) in [6, 6.07) is 5.80. The molecule has 0 radical (unpaired) electrons. The number of aryl methyl sites for hydroxylation is 1. The second kappa shape index (κ2) is 6.81. The number of benzene rings is 1. The molecule has 0 bridgehead atoms. The average Bonchev–Trinajstić information content (AvgIpc) is 2.41. The molecule has 1 heterocycles. The number of hydrogen-bond donors (Lipinski definition) is 2. The lowest BCUT2D eigenvalue weighted by Crippen LogP contribution is -2.52. The van der Waals surface area contributed by atoms with E-state index in [4.69, 9.17) is 21.4 Å². The maximum absolute atomic E-state index is 10.9. The zero-order valence-electron chi connectivity index (χ0n) is 11.4. The molecule has 110 valence electrons. The molecule has 1 aromatic carbocycles. The van der Waals surface area contributed by atoms with Gasteiger partial charge in [-0.05, 0) is 31.0 Å². The monoisotopic (exact) mass is 298 g/mol. The van der Waals surface area contributed by atoms with Gasteiger partial charge in [0.2, 0.25) is 0 Å². The van der Waals surface area contributed by atoms with Crippen molar-refractivity contribution in [2.75, 3.05) is 26.2 Å². The van der Waals surface area contributed by atoms with Gasteiger partial charge in [0.1, 0.15) is 5.75 Å². The third-order valence-electron chi connectivity index (χ3n) is 3.34. The van der Waals surface area contributed by atoms with Crippen molar-refractivity contribution in [2.24, 2.45) is 0 Å². The lowest BCUT2D eigenvalue weighted by Gasteiger charge is -2.31. The second-order valence-electron chi connectivity index (χ2n) is 4.95. The standard InChI is InChI=1S/C14H19ClN2O3/c1-10-2-3-13(12(15)8-10)20-7-4-11-9-17(14(18)19)6-5-16-11/h2-3,8,11,16H,4-7,9H2,1H3,(H,18,19)/t11-/m1/s1. The molecule has 5 nitrogen and oxygen atoms in total. The highest BCUT2D eigenvalue weighted by Crippen LogP contribution is 2.25. The van der Waals surface area contributed by atoms with Crippen LogP contribution in [0.3, 0.4) is 0 Å². The predicted octanol–water partition coefficient (Wildman–Crippen LogP) is 2.37. The highest BCUT2D eigenvalue weighted by atomic mass is 35.5. The van der Waals surface area contributed by atoms with E-state index in [-0.39, 0.29) is 6.04 Å². The lowest BCUT2D eigenvalue weighted by molar-refractivity contribution is 0.124. The molecule has 1 aromatic rings. The van der Waals surface area contributed by atoms with Gasteiger partial charge in [0.05, 0.1) is 11.6 Å². The smallest absolute Gasteiger partial charge is 0.407 e. The third-order valence-corrected chi connectivity index (χ3v) is 3.63. The van der Waals surface area contributed by atoms with Crippen LogP contribution in [0.1, 0.15) is 12.0 Å². The maximum Gasteiger partial charge on any atom is 0.407 e. The lowest BCUT2D eigenvalue weighted by atomic mass is 10.1. The van der Waals surface area contributed by atoms with Crippen LogP contribution in [-0.4, -0.2) is 48.4 Å². The number of carbonyl (C=O) groups is 1. The van der Waals surface area contributed by atoms with E-state index in [2.05, 4.69) is 5.32 Å². The molecule has 2 N–H and O–H groups in total. The molecule has 6 heteroatoms. The fourth-order valence-corrected chi connectivity index (χ4v) is 2.52. The Balaban J connectivity index is 1.79. The summed E-state index contributed by atoms with van der Waals surface area (Å²) in [4.78, 5) is 12.4. The summed E-state index contributed by atoms with van der Waals surface area (Å²) in [5.41, 5.74) is 1.09. The first-order valence-electron chi connectivity index (χ1n) is 6.66. The van der Waals surface area contributed by atoms with E-state index in [0.717, 1.165) is 12.0 Å². The summed E-state index contributed by atoms with van der Waals surface area (Å²) in [5, 5.41) is 12.9. The molecule has 1 aliphatic rings.